The average molecular weight is 385 g/mol. The molecule has 0 bridgehead atoms. The van der Waals surface area contributed by atoms with Crippen molar-refractivity contribution in [1.29, 1.82) is 0 Å². The molecule has 0 radical (unpaired) electrons. The van der Waals surface area contributed by atoms with Gasteiger partial charge in [-0.05, 0) is 12.8 Å². The molecular weight excluding hydrogens is 361 g/mol. The molecule has 106 valence electrons. The normalized spacial score (nSPS) is 22.0. The Bertz CT molecular complexity index is 254. The predicted molar refractivity (Wildman–Crippen MR) is 89.0 cm³/mol. The number of thioether (sulfide) groups is 1. The smallest absolute Gasteiger partial charge is 0.191 e. The van der Waals surface area contributed by atoms with Gasteiger partial charge in [0, 0.05) is 24.6 Å². The Morgan fingerprint density at radius 3 is 2.61 bits per heavy atom. The first kappa shape index (κ1) is 16.4. The second-order valence-electron chi connectivity index (χ2n) is 4.62. The Morgan fingerprint density at radius 1 is 1.28 bits per heavy atom. The van der Waals surface area contributed by atoms with E-state index in [9.17, 15) is 0 Å². The van der Waals surface area contributed by atoms with Crippen LogP contribution in [0.3, 0.4) is 0 Å². The van der Waals surface area contributed by atoms with Gasteiger partial charge in [-0.2, -0.15) is 11.8 Å². The minimum Gasteiger partial charge on any atom is -0.376 e. The summed E-state index contributed by atoms with van der Waals surface area (Å²) < 4.78 is 5.76. The highest BCUT2D eigenvalue weighted by Gasteiger charge is 2.15. The van der Waals surface area contributed by atoms with Crippen LogP contribution in [0.2, 0.25) is 0 Å². The van der Waals surface area contributed by atoms with E-state index in [1.807, 2.05) is 11.8 Å². The van der Waals surface area contributed by atoms with E-state index in [1.165, 1.54) is 25.7 Å². The van der Waals surface area contributed by atoms with Crippen molar-refractivity contribution in [3.63, 3.8) is 0 Å². The SMILES string of the molecule is I.NC(=NCCOC1CCCC1)N1CCSCC1. The molecule has 18 heavy (non-hydrogen) atoms. The molecule has 1 aliphatic carbocycles. The molecule has 1 saturated heterocycles. The zero-order valence-electron chi connectivity index (χ0n) is 10.8. The maximum atomic E-state index is 5.95. The van der Waals surface area contributed by atoms with Crippen LogP contribution in [0.5, 0.6) is 0 Å². The van der Waals surface area contributed by atoms with Gasteiger partial charge in [-0.25, -0.2) is 0 Å². The van der Waals surface area contributed by atoms with E-state index in [-0.39, 0.29) is 24.0 Å². The Balaban J connectivity index is 0.00000162. The standard InChI is InChI=1S/C12H23N3OS.HI/c13-12(15-6-9-17-10-7-15)14-5-8-16-11-3-1-2-4-11;/h11H,1-10H2,(H2,13,14);1H. The maximum absolute atomic E-state index is 5.95. The molecule has 2 fully saturated rings. The fraction of sp³-hybridized carbons (Fsp3) is 0.917. The summed E-state index contributed by atoms with van der Waals surface area (Å²) in [6.07, 6.45) is 5.58. The van der Waals surface area contributed by atoms with Crippen molar-refractivity contribution in [2.45, 2.75) is 31.8 Å². The predicted octanol–water partition coefficient (Wildman–Crippen LogP) is 1.93. The maximum Gasteiger partial charge on any atom is 0.191 e. The molecule has 2 aliphatic rings. The van der Waals surface area contributed by atoms with Crippen LogP contribution in [0.1, 0.15) is 25.7 Å². The number of nitrogens with zero attached hydrogens (tertiary/aromatic N) is 2. The van der Waals surface area contributed by atoms with Crippen molar-refractivity contribution in [3.8, 4) is 0 Å². The summed E-state index contributed by atoms with van der Waals surface area (Å²) in [6.45, 7) is 3.48. The lowest BCUT2D eigenvalue weighted by molar-refractivity contribution is 0.0642. The van der Waals surface area contributed by atoms with Gasteiger partial charge in [0.05, 0.1) is 19.3 Å². The molecule has 1 saturated carbocycles. The monoisotopic (exact) mass is 385 g/mol. The molecule has 1 aliphatic heterocycles. The Morgan fingerprint density at radius 2 is 1.94 bits per heavy atom. The van der Waals surface area contributed by atoms with Gasteiger partial charge in [0.15, 0.2) is 5.96 Å². The van der Waals surface area contributed by atoms with Gasteiger partial charge in [0.2, 0.25) is 0 Å². The number of hydrogen-bond donors (Lipinski definition) is 1. The molecule has 0 aromatic heterocycles. The van der Waals surface area contributed by atoms with Crippen LogP contribution in [-0.2, 0) is 4.74 Å². The third kappa shape index (κ3) is 5.52. The zero-order valence-corrected chi connectivity index (χ0v) is 14.0. The largest absolute Gasteiger partial charge is 0.376 e. The second kappa shape index (κ2) is 9.25. The van der Waals surface area contributed by atoms with E-state index in [4.69, 9.17) is 10.5 Å². The fourth-order valence-corrected chi connectivity index (χ4v) is 3.23. The minimum absolute atomic E-state index is 0. The lowest BCUT2D eigenvalue weighted by Crippen LogP contribution is -2.42. The number of nitrogens with two attached hydrogens (primary N) is 1. The van der Waals surface area contributed by atoms with Gasteiger partial charge in [0.25, 0.3) is 0 Å². The van der Waals surface area contributed by atoms with E-state index in [1.54, 1.807) is 0 Å². The zero-order chi connectivity index (χ0) is 11.9. The van der Waals surface area contributed by atoms with Crippen molar-refractivity contribution < 1.29 is 4.74 Å². The molecule has 0 aromatic carbocycles. The highest BCUT2D eigenvalue weighted by atomic mass is 127. The van der Waals surface area contributed by atoms with Crippen molar-refractivity contribution in [3.05, 3.63) is 0 Å². The lowest BCUT2D eigenvalue weighted by atomic mass is 10.3. The number of guanidine groups is 1. The molecule has 6 heteroatoms. The average Bonchev–Trinajstić information content (AvgIpc) is 2.88. The number of ether oxygens (including phenoxy) is 1. The third-order valence-corrected chi connectivity index (χ3v) is 4.30. The van der Waals surface area contributed by atoms with Crippen LogP contribution in [0.25, 0.3) is 0 Å². The van der Waals surface area contributed by atoms with Gasteiger partial charge in [0.1, 0.15) is 0 Å². The Hall–Kier alpha value is 0.310. The molecule has 4 nitrogen and oxygen atoms in total. The fourth-order valence-electron chi connectivity index (χ4n) is 2.33. The van der Waals surface area contributed by atoms with E-state index < -0.39 is 0 Å². The van der Waals surface area contributed by atoms with Crippen LogP contribution in [0, 0.1) is 0 Å². The van der Waals surface area contributed by atoms with Crippen LogP contribution in [0.15, 0.2) is 4.99 Å². The molecule has 0 spiro atoms. The molecule has 0 atom stereocenters. The van der Waals surface area contributed by atoms with Crippen molar-refractivity contribution in [2.75, 3.05) is 37.7 Å². The van der Waals surface area contributed by atoms with E-state index in [0.29, 0.717) is 25.2 Å². The first-order valence-electron chi connectivity index (χ1n) is 6.60. The first-order valence-corrected chi connectivity index (χ1v) is 7.76. The minimum atomic E-state index is 0. The van der Waals surface area contributed by atoms with Gasteiger partial charge < -0.3 is 15.4 Å². The summed E-state index contributed by atoms with van der Waals surface area (Å²) in [4.78, 5) is 6.57. The molecule has 0 amide bonds. The molecule has 2 N–H and O–H groups in total. The van der Waals surface area contributed by atoms with E-state index >= 15 is 0 Å². The van der Waals surface area contributed by atoms with Crippen molar-refractivity contribution in [1.82, 2.24) is 4.90 Å². The Labute approximate surface area is 131 Å². The van der Waals surface area contributed by atoms with Crippen LogP contribution in [0.4, 0.5) is 0 Å². The number of aliphatic imine (C=N–C) groups is 1. The van der Waals surface area contributed by atoms with Crippen LogP contribution in [-0.4, -0.2) is 54.7 Å². The molecule has 2 rings (SSSR count). The molecule has 0 unspecified atom stereocenters. The first-order chi connectivity index (χ1) is 8.36. The Kier molecular flexibility index (Phi) is 8.41. The highest BCUT2D eigenvalue weighted by Crippen LogP contribution is 2.20. The van der Waals surface area contributed by atoms with Crippen LogP contribution >= 0.6 is 35.7 Å². The van der Waals surface area contributed by atoms with Gasteiger partial charge in [-0.1, -0.05) is 12.8 Å². The number of rotatable bonds is 4. The quantitative estimate of drug-likeness (QED) is 0.348. The van der Waals surface area contributed by atoms with Gasteiger partial charge in [-0.15, -0.1) is 24.0 Å². The summed E-state index contributed by atoms with van der Waals surface area (Å²) in [7, 11) is 0. The van der Waals surface area contributed by atoms with E-state index in [2.05, 4.69) is 9.89 Å². The number of halogens is 1. The lowest BCUT2D eigenvalue weighted by Gasteiger charge is -2.27. The van der Waals surface area contributed by atoms with E-state index in [0.717, 1.165) is 24.6 Å². The second-order valence-corrected chi connectivity index (χ2v) is 5.84. The summed E-state index contributed by atoms with van der Waals surface area (Å²) >= 11 is 1.98. The molecular formula is C12H24IN3OS. The third-order valence-electron chi connectivity index (χ3n) is 3.36. The van der Waals surface area contributed by atoms with Crippen LogP contribution < -0.4 is 5.73 Å². The number of hydrogen-bond acceptors (Lipinski definition) is 3. The highest BCUT2D eigenvalue weighted by molar-refractivity contribution is 14.0. The summed E-state index contributed by atoms with van der Waals surface area (Å²) in [5, 5.41) is 0. The topological polar surface area (TPSA) is 50.9 Å². The van der Waals surface area contributed by atoms with Gasteiger partial charge >= 0.3 is 0 Å². The van der Waals surface area contributed by atoms with Crippen molar-refractivity contribution >= 4 is 41.7 Å². The summed E-state index contributed by atoms with van der Waals surface area (Å²) in [5.74, 6) is 3.02. The molecule has 1 heterocycles. The molecule has 0 aromatic rings. The van der Waals surface area contributed by atoms with Crippen molar-refractivity contribution in [2.24, 2.45) is 10.7 Å². The summed E-state index contributed by atoms with van der Waals surface area (Å²) in [5.41, 5.74) is 5.95. The van der Waals surface area contributed by atoms with Gasteiger partial charge in [-0.3, -0.25) is 4.99 Å². The summed E-state index contributed by atoms with van der Waals surface area (Å²) in [6, 6.07) is 0.